The van der Waals surface area contributed by atoms with Gasteiger partial charge in [0, 0.05) is 11.4 Å². The number of halogens is 2. The molecule has 1 N–H and O–H groups in total. The van der Waals surface area contributed by atoms with Crippen LogP contribution in [-0.4, -0.2) is 11.7 Å². The molecule has 112 valence electrons. The van der Waals surface area contributed by atoms with Gasteiger partial charge in [0.05, 0.1) is 17.4 Å². The van der Waals surface area contributed by atoms with E-state index in [1.165, 1.54) is 6.07 Å². The third-order valence-corrected chi connectivity index (χ3v) is 3.83. The van der Waals surface area contributed by atoms with Crippen molar-refractivity contribution >= 4 is 17.7 Å². The quantitative estimate of drug-likeness (QED) is 0.861. The number of amides is 1. The molecule has 2 aromatic rings. The highest BCUT2D eigenvalue weighted by Crippen LogP contribution is 2.20. The van der Waals surface area contributed by atoms with Gasteiger partial charge in [0.15, 0.2) is 11.6 Å². The summed E-state index contributed by atoms with van der Waals surface area (Å²) >= 11 is 1.13. The summed E-state index contributed by atoms with van der Waals surface area (Å²) in [6, 6.07) is 12.4. The van der Waals surface area contributed by atoms with Crippen LogP contribution in [0.5, 0.6) is 0 Å². The van der Waals surface area contributed by atoms with E-state index in [9.17, 15) is 13.6 Å². The number of carbonyl (C=O) groups is 1. The molecule has 2 aromatic carbocycles. The van der Waals surface area contributed by atoms with Gasteiger partial charge in [-0.15, -0.1) is 11.8 Å². The third kappa shape index (κ3) is 4.57. The third-order valence-electron chi connectivity index (χ3n) is 2.83. The van der Waals surface area contributed by atoms with Crippen molar-refractivity contribution in [1.29, 1.82) is 5.26 Å². The van der Waals surface area contributed by atoms with Crippen LogP contribution in [0.3, 0.4) is 0 Å². The lowest BCUT2D eigenvalue weighted by Crippen LogP contribution is -2.24. The molecule has 1 amide bonds. The van der Waals surface area contributed by atoms with Crippen molar-refractivity contribution < 1.29 is 13.6 Å². The van der Waals surface area contributed by atoms with Crippen LogP contribution in [0.4, 0.5) is 8.78 Å². The highest BCUT2D eigenvalue weighted by Gasteiger charge is 2.06. The SMILES string of the molecule is N#Cc1ccc(CNC(=O)CSc2ccc(F)c(F)c2)cc1. The van der Waals surface area contributed by atoms with Gasteiger partial charge >= 0.3 is 0 Å². The van der Waals surface area contributed by atoms with Gasteiger partial charge in [0.2, 0.25) is 5.91 Å². The summed E-state index contributed by atoms with van der Waals surface area (Å²) in [4.78, 5) is 12.2. The molecule has 0 aliphatic rings. The number of nitrogens with zero attached hydrogens (tertiary/aromatic N) is 1. The van der Waals surface area contributed by atoms with Crippen molar-refractivity contribution in [2.75, 3.05) is 5.75 Å². The molecule has 0 saturated heterocycles. The molecule has 0 fully saturated rings. The van der Waals surface area contributed by atoms with Crippen LogP contribution in [0.15, 0.2) is 47.4 Å². The first-order valence-corrected chi connectivity index (χ1v) is 7.40. The van der Waals surface area contributed by atoms with Crippen molar-refractivity contribution in [1.82, 2.24) is 5.32 Å². The fraction of sp³-hybridized carbons (Fsp3) is 0.125. The van der Waals surface area contributed by atoms with Crippen LogP contribution >= 0.6 is 11.8 Å². The Morgan fingerprint density at radius 2 is 1.86 bits per heavy atom. The molecule has 0 unspecified atom stereocenters. The Kier molecular flexibility index (Phi) is 5.50. The molecule has 0 saturated carbocycles. The number of rotatable bonds is 5. The Labute approximate surface area is 131 Å². The first kappa shape index (κ1) is 16.0. The van der Waals surface area contributed by atoms with Crippen LogP contribution in [-0.2, 0) is 11.3 Å². The molecule has 0 heterocycles. The Hall–Kier alpha value is -2.39. The molecule has 0 bridgehead atoms. The van der Waals surface area contributed by atoms with E-state index in [-0.39, 0.29) is 11.7 Å². The first-order chi connectivity index (χ1) is 10.6. The lowest BCUT2D eigenvalue weighted by Gasteiger charge is -2.06. The number of thioether (sulfide) groups is 1. The van der Waals surface area contributed by atoms with Crippen molar-refractivity contribution in [3.8, 4) is 6.07 Å². The molecule has 0 atom stereocenters. The second-order valence-corrected chi connectivity index (χ2v) is 5.50. The average Bonchev–Trinajstić information content (AvgIpc) is 2.54. The minimum atomic E-state index is -0.928. The lowest BCUT2D eigenvalue weighted by atomic mass is 10.1. The lowest BCUT2D eigenvalue weighted by molar-refractivity contribution is -0.118. The topological polar surface area (TPSA) is 52.9 Å². The number of benzene rings is 2. The summed E-state index contributed by atoms with van der Waals surface area (Å²) in [5.41, 5.74) is 1.44. The van der Waals surface area contributed by atoms with Crippen molar-refractivity contribution in [2.24, 2.45) is 0 Å². The normalized spacial score (nSPS) is 10.0. The minimum absolute atomic E-state index is 0.112. The van der Waals surface area contributed by atoms with Gasteiger partial charge in [0.25, 0.3) is 0 Å². The summed E-state index contributed by atoms with van der Waals surface area (Å²) in [7, 11) is 0. The Morgan fingerprint density at radius 1 is 1.14 bits per heavy atom. The molecule has 0 aliphatic heterocycles. The largest absolute Gasteiger partial charge is 0.351 e. The molecule has 0 radical (unpaired) electrons. The summed E-state index contributed by atoms with van der Waals surface area (Å²) < 4.78 is 25.8. The standard InChI is InChI=1S/C16H12F2N2OS/c17-14-6-5-13(7-15(14)18)22-10-16(21)20-9-12-3-1-11(8-19)2-4-12/h1-7H,9-10H2,(H,20,21). The Balaban J connectivity index is 1.80. The zero-order valence-corrected chi connectivity index (χ0v) is 12.3. The van der Waals surface area contributed by atoms with Crippen LogP contribution in [0, 0.1) is 23.0 Å². The van der Waals surface area contributed by atoms with Crippen molar-refractivity contribution in [2.45, 2.75) is 11.4 Å². The van der Waals surface area contributed by atoms with Gasteiger partial charge in [-0.2, -0.15) is 5.26 Å². The zero-order valence-electron chi connectivity index (χ0n) is 11.5. The number of carbonyl (C=O) groups excluding carboxylic acids is 1. The summed E-state index contributed by atoms with van der Waals surface area (Å²) in [6.07, 6.45) is 0. The molecule has 22 heavy (non-hydrogen) atoms. The van der Waals surface area contributed by atoms with Crippen LogP contribution in [0.1, 0.15) is 11.1 Å². The molecular formula is C16H12F2N2OS. The molecule has 0 aromatic heterocycles. The number of nitrogens with one attached hydrogen (secondary N) is 1. The van der Waals surface area contributed by atoms with E-state index < -0.39 is 11.6 Å². The number of hydrogen-bond acceptors (Lipinski definition) is 3. The average molecular weight is 318 g/mol. The molecular weight excluding hydrogens is 306 g/mol. The van der Waals surface area contributed by atoms with E-state index in [2.05, 4.69) is 5.32 Å². The predicted molar refractivity (Wildman–Crippen MR) is 80.1 cm³/mol. The molecule has 3 nitrogen and oxygen atoms in total. The second kappa shape index (κ2) is 7.57. The first-order valence-electron chi connectivity index (χ1n) is 6.42. The van der Waals surface area contributed by atoms with E-state index in [1.54, 1.807) is 24.3 Å². The van der Waals surface area contributed by atoms with Crippen LogP contribution in [0.25, 0.3) is 0 Å². The number of hydrogen-bond donors (Lipinski definition) is 1. The highest BCUT2D eigenvalue weighted by atomic mass is 32.2. The Bertz CT molecular complexity index is 711. The summed E-state index contributed by atoms with van der Waals surface area (Å²) in [6.45, 7) is 0.350. The second-order valence-electron chi connectivity index (χ2n) is 4.45. The smallest absolute Gasteiger partial charge is 0.230 e. The van der Waals surface area contributed by atoms with E-state index in [0.717, 1.165) is 29.5 Å². The summed E-state index contributed by atoms with van der Waals surface area (Å²) in [5.74, 6) is -1.93. The van der Waals surface area contributed by atoms with E-state index in [0.29, 0.717) is 17.0 Å². The molecule has 6 heteroatoms. The van der Waals surface area contributed by atoms with Crippen LogP contribution in [0.2, 0.25) is 0 Å². The van der Waals surface area contributed by atoms with Crippen molar-refractivity contribution in [3.63, 3.8) is 0 Å². The molecule has 2 rings (SSSR count). The highest BCUT2D eigenvalue weighted by molar-refractivity contribution is 8.00. The van der Waals surface area contributed by atoms with Gasteiger partial charge in [-0.3, -0.25) is 4.79 Å². The van der Waals surface area contributed by atoms with E-state index in [4.69, 9.17) is 5.26 Å². The molecule has 0 spiro atoms. The number of nitriles is 1. The van der Waals surface area contributed by atoms with Gasteiger partial charge in [-0.1, -0.05) is 12.1 Å². The van der Waals surface area contributed by atoms with Crippen molar-refractivity contribution in [3.05, 3.63) is 65.2 Å². The van der Waals surface area contributed by atoms with Gasteiger partial charge in [0.1, 0.15) is 0 Å². The van der Waals surface area contributed by atoms with E-state index >= 15 is 0 Å². The van der Waals surface area contributed by atoms with Gasteiger partial charge in [-0.25, -0.2) is 8.78 Å². The van der Waals surface area contributed by atoms with E-state index in [1.807, 2.05) is 6.07 Å². The Morgan fingerprint density at radius 3 is 2.50 bits per heavy atom. The monoisotopic (exact) mass is 318 g/mol. The minimum Gasteiger partial charge on any atom is -0.351 e. The van der Waals surface area contributed by atoms with Crippen LogP contribution < -0.4 is 5.32 Å². The maximum Gasteiger partial charge on any atom is 0.230 e. The fourth-order valence-electron chi connectivity index (χ4n) is 1.66. The van der Waals surface area contributed by atoms with Gasteiger partial charge < -0.3 is 5.32 Å². The van der Waals surface area contributed by atoms with Gasteiger partial charge in [-0.05, 0) is 35.9 Å². The predicted octanol–water partition coefficient (Wildman–Crippen LogP) is 3.24. The maximum absolute atomic E-state index is 13.0. The summed E-state index contributed by atoms with van der Waals surface area (Å²) in [5, 5.41) is 11.4. The zero-order chi connectivity index (χ0) is 15.9. The molecule has 0 aliphatic carbocycles. The maximum atomic E-state index is 13.0. The fourth-order valence-corrected chi connectivity index (χ4v) is 2.42.